The number of aromatic nitrogens is 1. The smallest absolute Gasteiger partial charge is 0.305 e. The van der Waals surface area contributed by atoms with Gasteiger partial charge in [0.2, 0.25) is 5.91 Å². The Balaban J connectivity index is 1.45. The molecular formula is C37H46N2O5. The molecule has 4 rings (SSSR count). The van der Waals surface area contributed by atoms with Crippen molar-refractivity contribution in [2.45, 2.75) is 71.3 Å². The molecule has 0 atom stereocenters. The molecule has 234 valence electrons. The van der Waals surface area contributed by atoms with Gasteiger partial charge in [-0.1, -0.05) is 62.9 Å². The highest BCUT2D eigenvalue weighted by molar-refractivity contribution is 5.96. The first kappa shape index (κ1) is 32.6. The summed E-state index contributed by atoms with van der Waals surface area (Å²) in [5.74, 6) is 1.44. The van der Waals surface area contributed by atoms with Gasteiger partial charge in [0, 0.05) is 30.4 Å². The van der Waals surface area contributed by atoms with E-state index >= 15 is 0 Å². The number of carbonyl (C=O) groups excluding carboxylic acids is 2. The molecule has 0 aliphatic rings. The third-order valence-corrected chi connectivity index (χ3v) is 7.90. The van der Waals surface area contributed by atoms with Crippen molar-refractivity contribution in [2.75, 3.05) is 27.4 Å². The Kier molecular flexibility index (Phi) is 12.7. The van der Waals surface area contributed by atoms with Crippen LogP contribution in [0.5, 0.6) is 11.5 Å². The van der Waals surface area contributed by atoms with Crippen molar-refractivity contribution in [1.29, 1.82) is 0 Å². The Morgan fingerprint density at radius 2 is 1.50 bits per heavy atom. The molecule has 3 aromatic carbocycles. The molecule has 0 saturated heterocycles. The fourth-order valence-electron chi connectivity index (χ4n) is 5.50. The molecule has 0 aliphatic carbocycles. The zero-order chi connectivity index (χ0) is 31.1. The van der Waals surface area contributed by atoms with Crippen molar-refractivity contribution in [2.24, 2.45) is 0 Å². The van der Waals surface area contributed by atoms with Crippen LogP contribution in [0, 0.1) is 0 Å². The molecule has 44 heavy (non-hydrogen) atoms. The quantitative estimate of drug-likeness (QED) is 0.0937. The van der Waals surface area contributed by atoms with Gasteiger partial charge in [-0.25, -0.2) is 0 Å². The maximum absolute atomic E-state index is 13.4. The zero-order valence-electron chi connectivity index (χ0n) is 26.4. The Labute approximate surface area is 261 Å². The second-order valence-electron chi connectivity index (χ2n) is 11.1. The average Bonchev–Trinajstić information content (AvgIpc) is 3.34. The fourth-order valence-corrected chi connectivity index (χ4v) is 5.50. The molecule has 1 aromatic heterocycles. The van der Waals surface area contributed by atoms with Crippen LogP contribution >= 0.6 is 0 Å². The van der Waals surface area contributed by atoms with E-state index in [-0.39, 0.29) is 18.3 Å². The molecule has 1 amide bonds. The summed E-state index contributed by atoms with van der Waals surface area (Å²) in [7, 11) is 3.33. The van der Waals surface area contributed by atoms with Crippen LogP contribution in [0.3, 0.4) is 0 Å². The number of ether oxygens (including phenoxy) is 3. The van der Waals surface area contributed by atoms with Gasteiger partial charge in [0.05, 0.1) is 32.9 Å². The minimum Gasteiger partial charge on any atom is -0.497 e. The number of esters is 1. The number of nitrogens with zero attached hydrogens (tertiary/aromatic N) is 1. The van der Waals surface area contributed by atoms with Crippen LogP contribution in [-0.2, 0) is 27.3 Å². The first-order valence-electron chi connectivity index (χ1n) is 15.8. The Hall–Kier alpha value is -4.26. The van der Waals surface area contributed by atoms with Crippen molar-refractivity contribution in [3.63, 3.8) is 0 Å². The van der Waals surface area contributed by atoms with Crippen LogP contribution in [0.4, 0.5) is 0 Å². The summed E-state index contributed by atoms with van der Waals surface area (Å²) < 4.78 is 18.5. The maximum Gasteiger partial charge on any atom is 0.305 e. The van der Waals surface area contributed by atoms with E-state index in [1.807, 2.05) is 42.5 Å². The van der Waals surface area contributed by atoms with Gasteiger partial charge in [0.25, 0.3) is 0 Å². The molecule has 7 heteroatoms. The second-order valence-corrected chi connectivity index (χ2v) is 11.1. The number of benzene rings is 3. The van der Waals surface area contributed by atoms with E-state index in [4.69, 9.17) is 14.2 Å². The Morgan fingerprint density at radius 1 is 0.795 bits per heavy atom. The highest BCUT2D eigenvalue weighted by Gasteiger charge is 2.22. The molecule has 7 nitrogen and oxygen atoms in total. The normalized spacial score (nSPS) is 11.0. The lowest BCUT2D eigenvalue weighted by atomic mass is 10.0. The van der Waals surface area contributed by atoms with Gasteiger partial charge in [0.1, 0.15) is 11.5 Å². The number of carbonyl (C=O) groups is 2. The van der Waals surface area contributed by atoms with Gasteiger partial charge >= 0.3 is 5.97 Å². The van der Waals surface area contributed by atoms with E-state index < -0.39 is 0 Å². The molecule has 4 aromatic rings. The van der Waals surface area contributed by atoms with Crippen LogP contribution in [-0.4, -0.2) is 43.8 Å². The minimum atomic E-state index is -0.0949. The minimum absolute atomic E-state index is 0.00355. The molecule has 0 saturated carbocycles. The summed E-state index contributed by atoms with van der Waals surface area (Å²) in [6.45, 7) is 3.90. The van der Waals surface area contributed by atoms with E-state index in [0.29, 0.717) is 26.1 Å². The third kappa shape index (κ3) is 9.12. The lowest BCUT2D eigenvalue weighted by molar-refractivity contribution is -0.143. The topological polar surface area (TPSA) is 78.8 Å². The number of fused-ring (bicyclic) bond motifs is 1. The van der Waals surface area contributed by atoms with E-state index in [0.717, 1.165) is 84.2 Å². The molecule has 0 spiro atoms. The number of methoxy groups -OCH3 is 2. The van der Waals surface area contributed by atoms with Gasteiger partial charge in [-0.3, -0.25) is 9.59 Å². The molecule has 0 radical (unpaired) electrons. The first-order chi connectivity index (χ1) is 21.5. The number of hydrogen-bond acceptors (Lipinski definition) is 5. The SMILES string of the molecule is CCCCOC(=O)CCCCCCCNC(=O)Cc1c(-c2ccc(OC)cc2)n(Cc2ccccc2)c2ccc(OC)cc12. The molecular weight excluding hydrogens is 552 g/mol. The van der Waals surface area contributed by atoms with E-state index in [1.165, 1.54) is 5.56 Å². The van der Waals surface area contributed by atoms with Crippen LogP contribution in [0.25, 0.3) is 22.2 Å². The third-order valence-electron chi connectivity index (χ3n) is 7.90. The molecule has 0 fully saturated rings. The van der Waals surface area contributed by atoms with Gasteiger partial charge in [-0.05, 0) is 78.4 Å². The number of rotatable bonds is 18. The lowest BCUT2D eigenvalue weighted by Crippen LogP contribution is -2.26. The van der Waals surface area contributed by atoms with Crippen molar-refractivity contribution in [3.05, 3.63) is 83.9 Å². The summed E-state index contributed by atoms with van der Waals surface area (Å²) in [6.07, 6.45) is 7.48. The predicted molar refractivity (Wildman–Crippen MR) is 176 cm³/mol. The molecule has 1 heterocycles. The van der Waals surface area contributed by atoms with E-state index in [1.54, 1.807) is 14.2 Å². The van der Waals surface area contributed by atoms with E-state index in [9.17, 15) is 9.59 Å². The van der Waals surface area contributed by atoms with Crippen molar-refractivity contribution >= 4 is 22.8 Å². The van der Waals surface area contributed by atoms with Crippen LogP contribution < -0.4 is 14.8 Å². The fraction of sp³-hybridized carbons (Fsp3) is 0.405. The van der Waals surface area contributed by atoms with Crippen molar-refractivity contribution < 1.29 is 23.8 Å². The standard InChI is InChI=1S/C37H46N2O5/c1-4-5-24-44-36(41)16-12-7-6-8-13-23-38-35(40)26-33-32-25-31(43-3)21-22-34(32)39(27-28-14-10-9-11-15-28)37(33)29-17-19-30(42-2)20-18-29/h9-11,14-15,17-22,25H,4-8,12-13,16,23-24,26-27H2,1-3H3,(H,38,40). The Bertz CT molecular complexity index is 1480. The zero-order valence-corrected chi connectivity index (χ0v) is 26.4. The summed E-state index contributed by atoms with van der Waals surface area (Å²) in [4.78, 5) is 25.1. The first-order valence-corrected chi connectivity index (χ1v) is 15.8. The summed E-state index contributed by atoms with van der Waals surface area (Å²) >= 11 is 0. The van der Waals surface area contributed by atoms with Crippen LogP contribution in [0.2, 0.25) is 0 Å². The summed E-state index contributed by atoms with van der Waals surface area (Å²) in [5.41, 5.74) is 5.25. The average molecular weight is 599 g/mol. The summed E-state index contributed by atoms with van der Waals surface area (Å²) in [6, 6.07) is 24.5. The number of nitrogens with one attached hydrogen (secondary N) is 1. The number of unbranched alkanes of at least 4 members (excludes halogenated alkanes) is 5. The molecule has 0 bridgehead atoms. The van der Waals surface area contributed by atoms with Crippen LogP contribution in [0.15, 0.2) is 72.8 Å². The maximum atomic E-state index is 13.4. The Morgan fingerprint density at radius 3 is 2.23 bits per heavy atom. The van der Waals surface area contributed by atoms with E-state index in [2.05, 4.69) is 47.1 Å². The van der Waals surface area contributed by atoms with Crippen molar-refractivity contribution in [3.8, 4) is 22.8 Å². The monoisotopic (exact) mass is 598 g/mol. The van der Waals surface area contributed by atoms with Gasteiger partial charge in [-0.15, -0.1) is 0 Å². The highest BCUT2D eigenvalue weighted by atomic mass is 16.5. The molecule has 0 unspecified atom stereocenters. The number of hydrogen-bond donors (Lipinski definition) is 1. The summed E-state index contributed by atoms with van der Waals surface area (Å²) in [5, 5.41) is 4.15. The van der Waals surface area contributed by atoms with Gasteiger partial charge in [-0.2, -0.15) is 0 Å². The molecule has 0 aliphatic heterocycles. The van der Waals surface area contributed by atoms with Crippen LogP contribution in [0.1, 0.15) is 69.4 Å². The van der Waals surface area contributed by atoms with Crippen molar-refractivity contribution in [1.82, 2.24) is 9.88 Å². The van der Waals surface area contributed by atoms with Gasteiger partial charge < -0.3 is 24.1 Å². The highest BCUT2D eigenvalue weighted by Crippen LogP contribution is 2.37. The second kappa shape index (κ2) is 17.1. The number of amides is 1. The predicted octanol–water partition coefficient (Wildman–Crippen LogP) is 7.72. The lowest BCUT2D eigenvalue weighted by Gasteiger charge is -2.14. The molecule has 1 N–H and O–H groups in total. The van der Waals surface area contributed by atoms with Gasteiger partial charge in [0.15, 0.2) is 0 Å². The largest absolute Gasteiger partial charge is 0.497 e.